The van der Waals surface area contributed by atoms with Gasteiger partial charge in [0, 0.05) is 18.1 Å². The Balaban J connectivity index is 1.67. The van der Waals surface area contributed by atoms with Gasteiger partial charge in [-0.05, 0) is 30.2 Å². The van der Waals surface area contributed by atoms with E-state index in [0.29, 0.717) is 22.0 Å². The van der Waals surface area contributed by atoms with Crippen LogP contribution in [0.3, 0.4) is 0 Å². The average Bonchev–Trinajstić information content (AvgIpc) is 2.72. The third-order valence-corrected chi connectivity index (χ3v) is 5.94. The van der Waals surface area contributed by atoms with E-state index in [9.17, 15) is 14.7 Å². The van der Waals surface area contributed by atoms with Crippen molar-refractivity contribution in [2.75, 3.05) is 12.4 Å². The zero-order chi connectivity index (χ0) is 21.3. The van der Waals surface area contributed by atoms with Gasteiger partial charge in [-0.3, -0.25) is 9.59 Å². The van der Waals surface area contributed by atoms with Gasteiger partial charge in [-0.25, -0.2) is 4.98 Å². The Kier molecular flexibility index (Phi) is 5.50. The molecule has 2 heterocycles. The number of aryl methyl sites for hydroxylation is 1. The van der Waals surface area contributed by atoms with Gasteiger partial charge < -0.3 is 20.1 Å². The third-order valence-electron chi connectivity index (χ3n) is 4.99. The third kappa shape index (κ3) is 4.04. The maximum Gasteiger partial charge on any atom is 0.257 e. The number of nitrogens with one attached hydrogen (secondary N) is 2. The van der Waals surface area contributed by atoms with E-state index in [1.165, 1.54) is 30.5 Å². The number of hydrogen-bond donors (Lipinski definition) is 3. The minimum Gasteiger partial charge on any atom is -0.504 e. The van der Waals surface area contributed by atoms with Crippen molar-refractivity contribution < 1.29 is 14.6 Å². The number of thioether (sulfide) groups is 1. The van der Waals surface area contributed by atoms with Crippen LogP contribution < -0.4 is 15.6 Å². The second-order valence-electron chi connectivity index (χ2n) is 7.15. The van der Waals surface area contributed by atoms with Gasteiger partial charge in [0.25, 0.3) is 5.56 Å². The number of carbonyl (C=O) groups is 1. The van der Waals surface area contributed by atoms with Crippen LogP contribution >= 0.6 is 11.8 Å². The molecule has 1 aliphatic rings. The van der Waals surface area contributed by atoms with Crippen molar-refractivity contribution in [2.45, 2.75) is 30.2 Å². The molecule has 8 heteroatoms. The number of phenols is 1. The van der Waals surface area contributed by atoms with Gasteiger partial charge in [0.05, 0.1) is 12.7 Å². The quantitative estimate of drug-likeness (QED) is 0.428. The molecular weight excluding hydrogens is 402 g/mol. The zero-order valence-electron chi connectivity index (χ0n) is 16.6. The molecule has 0 unspecified atom stereocenters. The number of ether oxygens (including phenoxy) is 1. The first-order valence-electron chi connectivity index (χ1n) is 9.44. The number of fused-ring (bicyclic) bond motifs is 1. The normalized spacial score (nSPS) is 15.4. The van der Waals surface area contributed by atoms with Crippen LogP contribution in [0.15, 0.2) is 52.4 Å². The Morgan fingerprint density at radius 1 is 1.23 bits per heavy atom. The number of anilines is 1. The topological polar surface area (TPSA) is 104 Å². The lowest BCUT2D eigenvalue weighted by Crippen LogP contribution is -2.31. The Morgan fingerprint density at radius 3 is 2.83 bits per heavy atom. The lowest BCUT2D eigenvalue weighted by molar-refractivity contribution is -0.116. The van der Waals surface area contributed by atoms with E-state index in [0.717, 1.165) is 5.56 Å². The summed E-state index contributed by atoms with van der Waals surface area (Å²) in [4.78, 5) is 32.6. The molecule has 0 radical (unpaired) electrons. The SMILES string of the molecule is COc1cc([C@@H]2CC(=O)Nc3nc(SCc4cccc(C)c4)[nH]c(=O)c32)ccc1O. The minimum absolute atomic E-state index is 0.00309. The summed E-state index contributed by atoms with van der Waals surface area (Å²) in [5, 5.41) is 13.0. The minimum atomic E-state index is -0.477. The van der Waals surface area contributed by atoms with E-state index in [2.05, 4.69) is 21.4 Å². The summed E-state index contributed by atoms with van der Waals surface area (Å²) >= 11 is 1.40. The average molecular weight is 423 g/mol. The lowest BCUT2D eigenvalue weighted by Gasteiger charge is -2.25. The van der Waals surface area contributed by atoms with Crippen LogP contribution in [-0.4, -0.2) is 28.1 Å². The largest absolute Gasteiger partial charge is 0.504 e. The van der Waals surface area contributed by atoms with Gasteiger partial charge in [-0.1, -0.05) is 47.7 Å². The van der Waals surface area contributed by atoms with Gasteiger partial charge in [0.2, 0.25) is 5.91 Å². The fraction of sp³-hybridized carbons (Fsp3) is 0.227. The number of aromatic hydroxyl groups is 1. The highest BCUT2D eigenvalue weighted by atomic mass is 32.2. The molecule has 1 aromatic heterocycles. The molecule has 0 saturated heterocycles. The maximum atomic E-state index is 12.9. The maximum absolute atomic E-state index is 12.9. The fourth-order valence-corrected chi connectivity index (χ4v) is 4.37. The predicted molar refractivity (Wildman–Crippen MR) is 115 cm³/mol. The van der Waals surface area contributed by atoms with Crippen LogP contribution in [0.2, 0.25) is 0 Å². The summed E-state index contributed by atoms with van der Waals surface area (Å²) in [5.74, 6) is 0.517. The van der Waals surface area contributed by atoms with Gasteiger partial charge in [-0.2, -0.15) is 0 Å². The summed E-state index contributed by atoms with van der Waals surface area (Å²) in [5.41, 5.74) is 3.11. The summed E-state index contributed by atoms with van der Waals surface area (Å²) in [6.45, 7) is 2.03. The number of amides is 1. The van der Waals surface area contributed by atoms with Crippen LogP contribution in [0.1, 0.15) is 34.6 Å². The van der Waals surface area contributed by atoms with Crippen LogP contribution in [0.5, 0.6) is 11.5 Å². The van der Waals surface area contributed by atoms with Crippen LogP contribution in [0, 0.1) is 6.92 Å². The molecule has 0 bridgehead atoms. The summed E-state index contributed by atoms with van der Waals surface area (Å²) in [6.07, 6.45) is 0.113. The number of benzene rings is 2. The van der Waals surface area contributed by atoms with E-state index in [4.69, 9.17) is 4.74 Å². The lowest BCUT2D eigenvalue weighted by atomic mass is 9.86. The highest BCUT2D eigenvalue weighted by Gasteiger charge is 2.31. The summed E-state index contributed by atoms with van der Waals surface area (Å²) in [6, 6.07) is 12.9. The Hall–Kier alpha value is -3.26. The number of phenolic OH excluding ortho intramolecular Hbond substituents is 1. The Labute approximate surface area is 177 Å². The zero-order valence-corrected chi connectivity index (χ0v) is 17.4. The molecule has 3 aromatic rings. The van der Waals surface area contributed by atoms with Crippen molar-refractivity contribution in [1.29, 1.82) is 0 Å². The molecule has 1 atom stereocenters. The monoisotopic (exact) mass is 423 g/mol. The summed E-state index contributed by atoms with van der Waals surface area (Å²) in [7, 11) is 1.45. The molecule has 1 amide bonds. The predicted octanol–water partition coefficient (Wildman–Crippen LogP) is 3.56. The number of methoxy groups -OCH3 is 1. The van der Waals surface area contributed by atoms with E-state index in [1.54, 1.807) is 12.1 Å². The van der Waals surface area contributed by atoms with Crippen molar-refractivity contribution in [3.63, 3.8) is 0 Å². The second kappa shape index (κ2) is 8.23. The van der Waals surface area contributed by atoms with Crippen molar-refractivity contribution in [1.82, 2.24) is 9.97 Å². The van der Waals surface area contributed by atoms with Crippen molar-refractivity contribution in [3.05, 3.63) is 75.1 Å². The van der Waals surface area contributed by atoms with Crippen LogP contribution in [-0.2, 0) is 10.5 Å². The Morgan fingerprint density at radius 2 is 2.07 bits per heavy atom. The molecular formula is C22H21N3O4S. The molecule has 4 rings (SSSR count). The van der Waals surface area contributed by atoms with Gasteiger partial charge in [0.15, 0.2) is 16.7 Å². The molecule has 7 nitrogen and oxygen atoms in total. The van der Waals surface area contributed by atoms with E-state index in [1.807, 2.05) is 25.1 Å². The van der Waals surface area contributed by atoms with Gasteiger partial charge >= 0.3 is 0 Å². The standard InChI is InChI=1S/C22H21N3O4S/c1-12-4-3-5-13(8-12)11-30-22-24-20-19(21(28)25-22)15(10-18(27)23-20)14-6-7-16(26)17(9-14)29-2/h3-9,15,26H,10-11H2,1-2H3,(H2,23,24,25,27,28)/t15-/m0/s1. The number of aromatic nitrogens is 2. The molecule has 154 valence electrons. The molecule has 1 aliphatic heterocycles. The van der Waals surface area contributed by atoms with Gasteiger partial charge in [0.1, 0.15) is 5.82 Å². The molecule has 0 fully saturated rings. The molecule has 0 saturated carbocycles. The number of rotatable bonds is 5. The van der Waals surface area contributed by atoms with E-state index < -0.39 is 5.92 Å². The van der Waals surface area contributed by atoms with E-state index >= 15 is 0 Å². The smallest absolute Gasteiger partial charge is 0.257 e. The number of H-pyrrole nitrogens is 1. The summed E-state index contributed by atoms with van der Waals surface area (Å²) < 4.78 is 5.17. The second-order valence-corrected chi connectivity index (χ2v) is 8.11. The number of hydrogen-bond acceptors (Lipinski definition) is 6. The Bertz CT molecular complexity index is 1180. The van der Waals surface area contributed by atoms with Crippen molar-refractivity contribution >= 4 is 23.5 Å². The first-order chi connectivity index (χ1) is 14.4. The van der Waals surface area contributed by atoms with E-state index in [-0.39, 0.29) is 35.2 Å². The number of carbonyl (C=O) groups excluding carboxylic acids is 1. The number of aromatic amines is 1. The molecule has 2 aromatic carbocycles. The van der Waals surface area contributed by atoms with Crippen LogP contribution in [0.4, 0.5) is 5.82 Å². The first-order valence-corrected chi connectivity index (χ1v) is 10.4. The molecule has 3 N–H and O–H groups in total. The molecule has 0 aliphatic carbocycles. The van der Waals surface area contributed by atoms with Gasteiger partial charge in [-0.15, -0.1) is 0 Å². The molecule has 30 heavy (non-hydrogen) atoms. The fourth-order valence-electron chi connectivity index (χ4n) is 3.57. The van der Waals surface area contributed by atoms with Crippen molar-refractivity contribution in [2.24, 2.45) is 0 Å². The van der Waals surface area contributed by atoms with Crippen LogP contribution in [0.25, 0.3) is 0 Å². The highest BCUT2D eigenvalue weighted by Crippen LogP contribution is 2.38. The number of nitrogens with zero attached hydrogens (tertiary/aromatic N) is 1. The van der Waals surface area contributed by atoms with Crippen molar-refractivity contribution in [3.8, 4) is 11.5 Å². The first kappa shape index (κ1) is 20.0. The highest BCUT2D eigenvalue weighted by molar-refractivity contribution is 7.98. The molecule has 0 spiro atoms.